The Morgan fingerprint density at radius 3 is 2.67 bits per heavy atom. The van der Waals surface area contributed by atoms with Crippen LogP contribution in [0.1, 0.15) is 33.3 Å². The third-order valence-corrected chi connectivity index (χ3v) is 3.24. The summed E-state index contributed by atoms with van der Waals surface area (Å²) < 4.78 is 1.70. The van der Waals surface area contributed by atoms with Crippen molar-refractivity contribution in [3.8, 4) is 5.82 Å². The van der Waals surface area contributed by atoms with Crippen LogP contribution in [0.3, 0.4) is 0 Å². The minimum absolute atomic E-state index is 0. The van der Waals surface area contributed by atoms with E-state index >= 15 is 0 Å². The average Bonchev–Trinajstić information content (AvgIpc) is 3.11. The number of nitrogens with zero attached hydrogens (tertiary/aromatic N) is 4. The number of aromatic nitrogens is 3. The number of guanidine groups is 1. The molecule has 8 nitrogen and oxygen atoms in total. The normalized spacial score (nSPS) is 11.5. The first-order valence-electron chi connectivity index (χ1n) is 8.65. The number of hydrogen-bond acceptors (Lipinski definition) is 4. The summed E-state index contributed by atoms with van der Waals surface area (Å²) >= 11 is 0. The van der Waals surface area contributed by atoms with Gasteiger partial charge >= 0.3 is 0 Å². The van der Waals surface area contributed by atoms with E-state index < -0.39 is 0 Å². The molecule has 0 saturated heterocycles. The molecular formula is C18H28IN7O. The Hall–Kier alpha value is -2.17. The second kappa shape index (κ2) is 10.9. The van der Waals surface area contributed by atoms with Crippen molar-refractivity contribution in [2.24, 2.45) is 4.99 Å². The lowest BCUT2D eigenvalue weighted by atomic mass is 10.1. The summed E-state index contributed by atoms with van der Waals surface area (Å²) in [5, 5.41) is 13.3. The van der Waals surface area contributed by atoms with Crippen LogP contribution in [0.25, 0.3) is 5.82 Å². The summed E-state index contributed by atoms with van der Waals surface area (Å²) in [4.78, 5) is 20.8. The van der Waals surface area contributed by atoms with Gasteiger partial charge in [-0.25, -0.2) is 14.7 Å². The lowest BCUT2D eigenvalue weighted by Crippen LogP contribution is -2.48. The third kappa shape index (κ3) is 8.37. The predicted molar refractivity (Wildman–Crippen MR) is 117 cm³/mol. The fourth-order valence-corrected chi connectivity index (χ4v) is 2.23. The maximum Gasteiger partial charge on any atom is 0.239 e. The molecule has 1 amide bonds. The molecule has 0 aliphatic carbocycles. The number of rotatable bonds is 6. The Kier molecular flexibility index (Phi) is 9.19. The maximum absolute atomic E-state index is 11.9. The van der Waals surface area contributed by atoms with Crippen LogP contribution in [-0.2, 0) is 11.3 Å². The van der Waals surface area contributed by atoms with E-state index in [1.165, 1.54) is 0 Å². The zero-order valence-electron chi connectivity index (χ0n) is 16.2. The molecule has 0 aliphatic rings. The molecule has 0 fully saturated rings. The van der Waals surface area contributed by atoms with E-state index in [0.717, 1.165) is 11.4 Å². The summed E-state index contributed by atoms with van der Waals surface area (Å²) in [6.07, 6.45) is 5.29. The van der Waals surface area contributed by atoms with Gasteiger partial charge in [0.05, 0.1) is 13.1 Å². The van der Waals surface area contributed by atoms with Gasteiger partial charge in [0.25, 0.3) is 0 Å². The highest BCUT2D eigenvalue weighted by atomic mass is 127. The largest absolute Gasteiger partial charge is 0.357 e. The van der Waals surface area contributed by atoms with Crippen LogP contribution in [0.5, 0.6) is 0 Å². The summed E-state index contributed by atoms with van der Waals surface area (Å²) in [5.74, 6) is 1.26. The Bertz CT molecular complexity index is 738. The highest BCUT2D eigenvalue weighted by molar-refractivity contribution is 14.0. The zero-order chi connectivity index (χ0) is 19.0. The van der Waals surface area contributed by atoms with E-state index in [2.05, 4.69) is 31.0 Å². The number of hydrogen-bond donors (Lipinski definition) is 3. The smallest absolute Gasteiger partial charge is 0.239 e. The first-order chi connectivity index (χ1) is 12.4. The first kappa shape index (κ1) is 22.9. The van der Waals surface area contributed by atoms with Gasteiger partial charge in [-0.1, -0.05) is 0 Å². The molecular weight excluding hydrogens is 457 g/mol. The maximum atomic E-state index is 11.9. The minimum Gasteiger partial charge on any atom is -0.357 e. The van der Waals surface area contributed by atoms with Crippen molar-refractivity contribution in [1.29, 1.82) is 0 Å². The standard InChI is InChI=1S/C18H27N7O.HI/c1-5-19-17(22-13-16(26)24-18(2,3)4)21-12-14-7-9-20-15(11-14)25-10-6-8-23-25;/h6-11H,5,12-13H2,1-4H3,(H,24,26)(H2,19,21,22);1H. The summed E-state index contributed by atoms with van der Waals surface area (Å²) in [5.41, 5.74) is 0.746. The summed E-state index contributed by atoms with van der Waals surface area (Å²) in [6, 6.07) is 5.70. The van der Waals surface area contributed by atoms with Gasteiger partial charge in [-0.2, -0.15) is 5.10 Å². The van der Waals surface area contributed by atoms with Gasteiger partial charge in [0, 0.05) is 30.7 Å². The van der Waals surface area contributed by atoms with Crippen molar-refractivity contribution < 1.29 is 4.79 Å². The fraction of sp³-hybridized carbons (Fsp3) is 0.444. The lowest BCUT2D eigenvalue weighted by molar-refractivity contribution is -0.121. The Morgan fingerprint density at radius 1 is 1.26 bits per heavy atom. The van der Waals surface area contributed by atoms with Crippen LogP contribution < -0.4 is 16.0 Å². The Labute approximate surface area is 177 Å². The first-order valence-corrected chi connectivity index (χ1v) is 8.65. The lowest BCUT2D eigenvalue weighted by Gasteiger charge is -2.21. The molecule has 2 aromatic heterocycles. The van der Waals surface area contributed by atoms with Crippen LogP contribution in [0, 0.1) is 0 Å². The van der Waals surface area contributed by atoms with Crippen molar-refractivity contribution in [3.63, 3.8) is 0 Å². The molecule has 0 saturated carbocycles. The van der Waals surface area contributed by atoms with Crippen molar-refractivity contribution in [3.05, 3.63) is 42.4 Å². The quantitative estimate of drug-likeness (QED) is 0.330. The molecule has 0 bridgehead atoms. The summed E-state index contributed by atoms with van der Waals surface area (Å²) in [6.45, 7) is 9.17. The van der Waals surface area contributed by atoms with E-state index in [1.54, 1.807) is 17.1 Å². The van der Waals surface area contributed by atoms with Crippen LogP contribution in [0.15, 0.2) is 41.8 Å². The van der Waals surface area contributed by atoms with E-state index in [-0.39, 0.29) is 42.0 Å². The Balaban J connectivity index is 0.00000364. The molecule has 0 aromatic carbocycles. The number of nitrogens with one attached hydrogen (secondary N) is 3. The minimum atomic E-state index is -0.256. The molecule has 2 rings (SSSR count). The van der Waals surface area contributed by atoms with Crippen molar-refractivity contribution in [1.82, 2.24) is 30.7 Å². The van der Waals surface area contributed by atoms with Gasteiger partial charge < -0.3 is 16.0 Å². The number of amides is 1. The Morgan fingerprint density at radius 2 is 2.04 bits per heavy atom. The molecule has 148 valence electrons. The average molecular weight is 485 g/mol. The number of carbonyl (C=O) groups is 1. The molecule has 0 radical (unpaired) electrons. The van der Waals surface area contributed by atoms with Gasteiger partial charge in [-0.3, -0.25) is 4.79 Å². The molecule has 27 heavy (non-hydrogen) atoms. The van der Waals surface area contributed by atoms with Gasteiger partial charge in [0.15, 0.2) is 11.8 Å². The zero-order valence-corrected chi connectivity index (χ0v) is 18.5. The SMILES string of the molecule is CCNC(=NCc1ccnc(-n2cccn2)c1)NCC(=O)NC(C)(C)C.I. The molecule has 9 heteroatoms. The summed E-state index contributed by atoms with van der Waals surface area (Å²) in [7, 11) is 0. The monoisotopic (exact) mass is 485 g/mol. The van der Waals surface area contributed by atoms with Crippen molar-refractivity contribution >= 4 is 35.8 Å². The highest BCUT2D eigenvalue weighted by Crippen LogP contribution is 2.07. The predicted octanol–water partition coefficient (Wildman–Crippen LogP) is 1.86. The van der Waals surface area contributed by atoms with E-state index in [0.29, 0.717) is 19.0 Å². The highest BCUT2D eigenvalue weighted by Gasteiger charge is 2.13. The molecule has 0 spiro atoms. The number of aliphatic imine (C=N–C) groups is 1. The molecule has 2 aromatic rings. The number of pyridine rings is 1. The van der Waals surface area contributed by atoms with Crippen molar-refractivity contribution in [2.75, 3.05) is 13.1 Å². The van der Waals surface area contributed by atoms with E-state index in [9.17, 15) is 4.79 Å². The van der Waals surface area contributed by atoms with Crippen LogP contribution in [-0.4, -0.2) is 45.3 Å². The van der Waals surface area contributed by atoms with Gasteiger partial charge in [-0.15, -0.1) is 24.0 Å². The number of halogens is 1. The molecule has 0 aliphatic heterocycles. The fourth-order valence-electron chi connectivity index (χ4n) is 2.23. The third-order valence-electron chi connectivity index (χ3n) is 3.24. The van der Waals surface area contributed by atoms with Gasteiger partial charge in [0.1, 0.15) is 0 Å². The topological polar surface area (TPSA) is 96.2 Å². The van der Waals surface area contributed by atoms with Crippen molar-refractivity contribution in [2.45, 2.75) is 39.8 Å². The van der Waals surface area contributed by atoms with Crippen LogP contribution in [0.4, 0.5) is 0 Å². The van der Waals surface area contributed by atoms with E-state index in [4.69, 9.17) is 0 Å². The number of carbonyl (C=O) groups excluding carboxylic acids is 1. The molecule has 0 unspecified atom stereocenters. The van der Waals surface area contributed by atoms with Gasteiger partial charge in [-0.05, 0) is 51.5 Å². The molecule has 3 N–H and O–H groups in total. The molecule has 0 atom stereocenters. The second-order valence-electron chi connectivity index (χ2n) is 6.82. The van der Waals surface area contributed by atoms with E-state index in [1.807, 2.05) is 52.1 Å². The second-order valence-corrected chi connectivity index (χ2v) is 6.82. The van der Waals surface area contributed by atoms with Crippen LogP contribution >= 0.6 is 24.0 Å². The molecule has 2 heterocycles. The van der Waals surface area contributed by atoms with Gasteiger partial charge in [0.2, 0.25) is 5.91 Å². The van der Waals surface area contributed by atoms with Crippen LogP contribution in [0.2, 0.25) is 0 Å².